The molecule has 0 aliphatic carbocycles. The lowest BCUT2D eigenvalue weighted by molar-refractivity contribution is 0.173. The van der Waals surface area contributed by atoms with E-state index in [1.165, 1.54) is 0 Å². The highest BCUT2D eigenvalue weighted by Crippen LogP contribution is 2.19. The van der Waals surface area contributed by atoms with Gasteiger partial charge in [0, 0.05) is 13.7 Å². The first-order chi connectivity index (χ1) is 5.88. The van der Waals surface area contributed by atoms with E-state index in [1.54, 1.807) is 13.4 Å². The minimum atomic E-state index is 0.463. The number of hydrogen-bond donors (Lipinski definition) is 1. The van der Waals surface area contributed by atoms with Crippen LogP contribution in [0.15, 0.2) is 16.7 Å². The van der Waals surface area contributed by atoms with E-state index in [2.05, 4.69) is 0 Å². The van der Waals surface area contributed by atoms with Crippen molar-refractivity contribution in [3.8, 4) is 5.95 Å². The average Bonchev–Trinajstić information content (AvgIpc) is 2.50. The van der Waals surface area contributed by atoms with Gasteiger partial charge in [-0.3, -0.25) is 0 Å². The van der Waals surface area contributed by atoms with E-state index in [-0.39, 0.29) is 0 Å². The Bertz CT molecular complexity index is 222. The fourth-order valence-electron chi connectivity index (χ4n) is 0.863. The molecule has 0 saturated carbocycles. The van der Waals surface area contributed by atoms with Crippen LogP contribution in [0.1, 0.15) is 5.56 Å². The van der Waals surface area contributed by atoms with Crippen molar-refractivity contribution in [1.82, 2.24) is 0 Å². The van der Waals surface area contributed by atoms with Crippen molar-refractivity contribution in [2.75, 3.05) is 20.3 Å². The van der Waals surface area contributed by atoms with Crippen LogP contribution in [0.5, 0.6) is 5.95 Å². The Kier molecular flexibility index (Phi) is 3.63. The van der Waals surface area contributed by atoms with Crippen LogP contribution in [0.25, 0.3) is 0 Å². The monoisotopic (exact) mass is 171 g/mol. The molecule has 0 aromatic carbocycles. The molecule has 1 rings (SSSR count). The summed E-state index contributed by atoms with van der Waals surface area (Å²) < 4.78 is 15.2. The maximum absolute atomic E-state index is 5.27. The van der Waals surface area contributed by atoms with Crippen LogP contribution in [0.2, 0.25) is 0 Å². The van der Waals surface area contributed by atoms with Crippen molar-refractivity contribution in [1.29, 1.82) is 0 Å². The van der Waals surface area contributed by atoms with Crippen molar-refractivity contribution in [2.45, 2.75) is 6.61 Å². The van der Waals surface area contributed by atoms with Gasteiger partial charge in [-0.2, -0.15) is 0 Å². The molecule has 68 valence electrons. The third-order valence-electron chi connectivity index (χ3n) is 1.36. The summed E-state index contributed by atoms with van der Waals surface area (Å²) in [6.07, 6.45) is 1.57. The smallest absolute Gasteiger partial charge is 0.289 e. The van der Waals surface area contributed by atoms with Crippen LogP contribution < -0.4 is 10.5 Å². The molecule has 0 atom stereocenters. The molecule has 4 heteroatoms. The fourth-order valence-corrected chi connectivity index (χ4v) is 0.863. The third-order valence-corrected chi connectivity index (χ3v) is 1.36. The maximum atomic E-state index is 5.27. The lowest BCUT2D eigenvalue weighted by Gasteiger charge is -2.02. The summed E-state index contributed by atoms with van der Waals surface area (Å²) in [5.41, 5.74) is 6.18. The Hall–Kier alpha value is -1.00. The number of methoxy groups -OCH3 is 1. The van der Waals surface area contributed by atoms with Crippen LogP contribution >= 0.6 is 0 Å². The van der Waals surface area contributed by atoms with Gasteiger partial charge in [-0.15, -0.1) is 0 Å². The van der Waals surface area contributed by atoms with E-state index in [4.69, 9.17) is 19.6 Å². The van der Waals surface area contributed by atoms with Crippen molar-refractivity contribution in [2.24, 2.45) is 5.73 Å². The van der Waals surface area contributed by atoms with Gasteiger partial charge in [0.05, 0.1) is 18.4 Å². The molecular weight excluding hydrogens is 158 g/mol. The van der Waals surface area contributed by atoms with E-state index in [9.17, 15) is 0 Å². The Morgan fingerprint density at radius 2 is 2.42 bits per heavy atom. The first-order valence-electron chi connectivity index (χ1n) is 3.76. The van der Waals surface area contributed by atoms with Crippen LogP contribution in [0, 0.1) is 0 Å². The molecule has 0 aliphatic heterocycles. The zero-order valence-electron chi connectivity index (χ0n) is 7.08. The van der Waals surface area contributed by atoms with Crippen LogP contribution in [0.3, 0.4) is 0 Å². The summed E-state index contributed by atoms with van der Waals surface area (Å²) in [5.74, 6) is 0.502. The van der Waals surface area contributed by atoms with Gasteiger partial charge in [-0.05, 0) is 6.07 Å². The molecule has 0 bridgehead atoms. The largest absolute Gasteiger partial charge is 0.464 e. The molecule has 1 aromatic rings. The van der Waals surface area contributed by atoms with Gasteiger partial charge in [-0.1, -0.05) is 0 Å². The third kappa shape index (κ3) is 2.25. The summed E-state index contributed by atoms with van der Waals surface area (Å²) in [6, 6.07) is 1.81. The Labute approximate surface area is 71.3 Å². The summed E-state index contributed by atoms with van der Waals surface area (Å²) >= 11 is 0. The van der Waals surface area contributed by atoms with Crippen molar-refractivity contribution in [3.05, 3.63) is 17.9 Å². The van der Waals surface area contributed by atoms with Gasteiger partial charge in [0.2, 0.25) is 0 Å². The predicted octanol–water partition coefficient (Wildman–Crippen LogP) is 0.764. The van der Waals surface area contributed by atoms with E-state index >= 15 is 0 Å². The lowest BCUT2D eigenvalue weighted by Crippen LogP contribution is -2.10. The highest BCUT2D eigenvalue weighted by molar-refractivity contribution is 5.21. The van der Waals surface area contributed by atoms with Gasteiger partial charge in [0.15, 0.2) is 0 Å². The molecule has 12 heavy (non-hydrogen) atoms. The molecule has 1 aromatic heterocycles. The molecule has 0 unspecified atom stereocenters. The van der Waals surface area contributed by atoms with Gasteiger partial charge < -0.3 is 19.6 Å². The van der Waals surface area contributed by atoms with Crippen LogP contribution in [-0.2, 0) is 11.3 Å². The van der Waals surface area contributed by atoms with E-state index in [0.717, 1.165) is 5.56 Å². The Morgan fingerprint density at radius 3 is 3.08 bits per heavy atom. The van der Waals surface area contributed by atoms with E-state index < -0.39 is 0 Å². The van der Waals surface area contributed by atoms with Crippen molar-refractivity contribution in [3.63, 3.8) is 0 Å². The SMILES string of the molecule is COCc1ccoc1OCCN. The highest BCUT2D eigenvalue weighted by atomic mass is 16.6. The normalized spacial score (nSPS) is 10.2. The Balaban J connectivity index is 2.51. The minimum absolute atomic E-state index is 0.463. The lowest BCUT2D eigenvalue weighted by atomic mass is 10.3. The standard InChI is InChI=1S/C8H13NO3/c1-10-6-7-2-4-11-8(7)12-5-3-9/h2,4H,3,5-6,9H2,1H3. The molecule has 0 radical (unpaired) electrons. The molecular formula is C8H13NO3. The number of furan rings is 1. The molecule has 2 N–H and O–H groups in total. The van der Waals surface area contributed by atoms with E-state index in [1.807, 2.05) is 6.07 Å². The fraction of sp³-hybridized carbons (Fsp3) is 0.500. The van der Waals surface area contributed by atoms with Crippen LogP contribution in [-0.4, -0.2) is 20.3 Å². The van der Waals surface area contributed by atoms with Gasteiger partial charge in [-0.25, -0.2) is 0 Å². The van der Waals surface area contributed by atoms with Crippen molar-refractivity contribution >= 4 is 0 Å². The second-order valence-corrected chi connectivity index (χ2v) is 2.30. The highest BCUT2D eigenvalue weighted by Gasteiger charge is 2.05. The summed E-state index contributed by atoms with van der Waals surface area (Å²) in [5, 5.41) is 0. The van der Waals surface area contributed by atoms with Gasteiger partial charge in [0.1, 0.15) is 6.61 Å². The maximum Gasteiger partial charge on any atom is 0.289 e. The predicted molar refractivity (Wildman–Crippen MR) is 44.0 cm³/mol. The average molecular weight is 171 g/mol. The second kappa shape index (κ2) is 4.79. The van der Waals surface area contributed by atoms with Crippen LogP contribution in [0.4, 0.5) is 0 Å². The van der Waals surface area contributed by atoms with Gasteiger partial charge in [0.25, 0.3) is 5.95 Å². The Morgan fingerprint density at radius 1 is 1.58 bits per heavy atom. The summed E-state index contributed by atoms with van der Waals surface area (Å²) in [6.45, 7) is 1.44. The molecule has 1 heterocycles. The molecule has 0 amide bonds. The van der Waals surface area contributed by atoms with Gasteiger partial charge >= 0.3 is 0 Å². The first kappa shape index (κ1) is 9.09. The van der Waals surface area contributed by atoms with E-state index in [0.29, 0.717) is 25.7 Å². The zero-order chi connectivity index (χ0) is 8.81. The number of nitrogens with two attached hydrogens (primary N) is 1. The minimum Gasteiger partial charge on any atom is -0.464 e. The van der Waals surface area contributed by atoms with Crippen molar-refractivity contribution < 1.29 is 13.9 Å². The molecule has 4 nitrogen and oxygen atoms in total. The number of hydrogen-bond acceptors (Lipinski definition) is 4. The zero-order valence-corrected chi connectivity index (χ0v) is 7.08. The second-order valence-electron chi connectivity index (χ2n) is 2.30. The summed E-state index contributed by atoms with van der Waals surface area (Å²) in [4.78, 5) is 0. The quantitative estimate of drug-likeness (QED) is 0.710. The summed E-state index contributed by atoms with van der Waals surface area (Å²) in [7, 11) is 1.62. The number of ether oxygens (including phenoxy) is 2. The molecule has 0 aliphatic rings. The molecule has 0 saturated heterocycles. The topological polar surface area (TPSA) is 57.6 Å². The molecule has 0 spiro atoms. The number of rotatable bonds is 5. The molecule has 0 fully saturated rings. The first-order valence-corrected chi connectivity index (χ1v) is 3.76.